The molecule has 0 radical (unpaired) electrons. The zero-order valence-electron chi connectivity index (χ0n) is 17.2. The first-order valence-electron chi connectivity index (χ1n) is 10.5. The summed E-state index contributed by atoms with van der Waals surface area (Å²) in [6.07, 6.45) is 7.77. The van der Waals surface area contributed by atoms with Crippen LogP contribution in [-0.2, 0) is 11.3 Å². The van der Waals surface area contributed by atoms with Gasteiger partial charge in [-0.3, -0.25) is 19.1 Å². The lowest BCUT2D eigenvalue weighted by molar-refractivity contribution is -0.132. The molecule has 1 aromatic carbocycles. The second-order valence-corrected chi connectivity index (χ2v) is 8.54. The molecule has 0 spiro atoms. The highest BCUT2D eigenvalue weighted by molar-refractivity contribution is 7.99. The van der Waals surface area contributed by atoms with Crippen molar-refractivity contribution in [2.75, 3.05) is 12.3 Å². The van der Waals surface area contributed by atoms with Crippen molar-refractivity contribution in [1.82, 2.24) is 19.4 Å². The lowest BCUT2D eigenvalue weighted by Gasteiger charge is -2.35. The maximum atomic E-state index is 13.2. The minimum Gasteiger partial charge on any atom is -0.339 e. The van der Waals surface area contributed by atoms with Crippen LogP contribution in [0.5, 0.6) is 0 Å². The van der Waals surface area contributed by atoms with Gasteiger partial charge in [0.15, 0.2) is 5.16 Å². The van der Waals surface area contributed by atoms with E-state index in [1.165, 1.54) is 18.2 Å². The first kappa shape index (κ1) is 20.6. The molecule has 1 atom stereocenters. The van der Waals surface area contributed by atoms with Gasteiger partial charge in [-0.15, -0.1) is 0 Å². The average Bonchev–Trinajstić information content (AvgIpc) is 2.80. The molecule has 1 fully saturated rings. The van der Waals surface area contributed by atoms with Crippen LogP contribution in [0.2, 0.25) is 0 Å². The summed E-state index contributed by atoms with van der Waals surface area (Å²) in [6, 6.07) is 11.5. The van der Waals surface area contributed by atoms with Gasteiger partial charge in [0.2, 0.25) is 5.91 Å². The van der Waals surface area contributed by atoms with Gasteiger partial charge in [0.25, 0.3) is 5.56 Å². The smallest absolute Gasteiger partial charge is 0.262 e. The van der Waals surface area contributed by atoms with Crippen molar-refractivity contribution in [3.63, 3.8) is 0 Å². The van der Waals surface area contributed by atoms with Crippen molar-refractivity contribution in [1.29, 1.82) is 0 Å². The number of piperidine rings is 1. The van der Waals surface area contributed by atoms with Gasteiger partial charge in [-0.2, -0.15) is 0 Å². The maximum Gasteiger partial charge on any atom is 0.262 e. The molecule has 3 aromatic rings. The fourth-order valence-electron chi connectivity index (χ4n) is 4.03. The number of amides is 1. The van der Waals surface area contributed by atoms with Crippen LogP contribution in [0.1, 0.15) is 38.2 Å². The lowest BCUT2D eigenvalue weighted by Crippen LogP contribution is -2.44. The summed E-state index contributed by atoms with van der Waals surface area (Å²) >= 11 is 1.35. The van der Waals surface area contributed by atoms with E-state index in [-0.39, 0.29) is 17.2 Å². The molecular weight excluding hydrogens is 396 g/mol. The normalized spacial score (nSPS) is 16.7. The number of carbonyl (C=O) groups excluding carboxylic acids is 1. The lowest BCUT2D eigenvalue weighted by atomic mass is 10.0. The van der Waals surface area contributed by atoms with Gasteiger partial charge in [0.1, 0.15) is 0 Å². The van der Waals surface area contributed by atoms with Crippen molar-refractivity contribution < 1.29 is 4.79 Å². The van der Waals surface area contributed by atoms with Gasteiger partial charge in [-0.05, 0) is 49.4 Å². The van der Waals surface area contributed by atoms with Gasteiger partial charge < -0.3 is 4.90 Å². The summed E-state index contributed by atoms with van der Waals surface area (Å²) in [6.45, 7) is 3.34. The predicted octanol–water partition coefficient (Wildman–Crippen LogP) is 3.72. The molecule has 2 aromatic heterocycles. The highest BCUT2D eigenvalue weighted by Crippen LogP contribution is 2.23. The summed E-state index contributed by atoms with van der Waals surface area (Å²) in [7, 11) is 0. The molecule has 0 saturated carbocycles. The molecule has 0 N–H and O–H groups in total. The third-order valence-electron chi connectivity index (χ3n) is 5.63. The second-order valence-electron chi connectivity index (χ2n) is 7.60. The summed E-state index contributed by atoms with van der Waals surface area (Å²) in [5, 5.41) is 1.15. The van der Waals surface area contributed by atoms with Crippen LogP contribution in [-0.4, -0.2) is 43.7 Å². The van der Waals surface area contributed by atoms with E-state index in [9.17, 15) is 9.59 Å². The van der Waals surface area contributed by atoms with Crippen LogP contribution in [0.25, 0.3) is 10.9 Å². The number of nitrogens with zero attached hydrogens (tertiary/aromatic N) is 4. The molecular formula is C23H26N4O2S. The Balaban J connectivity index is 1.62. The number of para-hydroxylation sites is 1. The first-order chi connectivity index (χ1) is 14.7. The third kappa shape index (κ3) is 4.41. The topological polar surface area (TPSA) is 68.1 Å². The van der Waals surface area contributed by atoms with Crippen LogP contribution in [0.15, 0.2) is 58.7 Å². The Labute approximate surface area is 180 Å². The van der Waals surface area contributed by atoms with E-state index in [2.05, 4.69) is 11.9 Å². The highest BCUT2D eigenvalue weighted by Gasteiger charge is 2.25. The SMILES string of the molecule is CC[C@@H]1CCCCN1C(=O)CSc1nc2ccccc2c(=O)n1Cc1cccnc1. The largest absolute Gasteiger partial charge is 0.339 e. The number of hydrogen-bond donors (Lipinski definition) is 0. The second kappa shape index (κ2) is 9.43. The van der Waals surface area contributed by atoms with E-state index in [4.69, 9.17) is 4.98 Å². The number of likely N-dealkylation sites (tertiary alicyclic amines) is 1. The minimum atomic E-state index is -0.0937. The Hall–Kier alpha value is -2.67. The molecule has 1 aliphatic heterocycles. The third-order valence-corrected chi connectivity index (χ3v) is 6.59. The van der Waals surface area contributed by atoms with Gasteiger partial charge in [0, 0.05) is 25.0 Å². The summed E-state index contributed by atoms with van der Waals surface area (Å²) < 4.78 is 1.66. The molecule has 3 heterocycles. The van der Waals surface area contributed by atoms with Crippen LogP contribution in [0.3, 0.4) is 0 Å². The highest BCUT2D eigenvalue weighted by atomic mass is 32.2. The molecule has 30 heavy (non-hydrogen) atoms. The van der Waals surface area contributed by atoms with Crippen molar-refractivity contribution in [2.45, 2.75) is 50.4 Å². The summed E-state index contributed by atoms with van der Waals surface area (Å²) in [5.74, 6) is 0.413. The Morgan fingerprint density at radius 3 is 2.87 bits per heavy atom. The quantitative estimate of drug-likeness (QED) is 0.447. The maximum absolute atomic E-state index is 13.2. The fraction of sp³-hybridized carbons (Fsp3) is 0.391. The minimum absolute atomic E-state index is 0.0937. The molecule has 1 aliphatic rings. The van der Waals surface area contributed by atoms with Crippen LogP contribution in [0, 0.1) is 0 Å². The molecule has 4 rings (SSSR count). The predicted molar refractivity (Wildman–Crippen MR) is 120 cm³/mol. The number of fused-ring (bicyclic) bond motifs is 1. The van der Waals surface area contributed by atoms with E-state index in [0.717, 1.165) is 31.4 Å². The van der Waals surface area contributed by atoms with Crippen molar-refractivity contribution in [2.24, 2.45) is 0 Å². The van der Waals surface area contributed by atoms with Crippen molar-refractivity contribution in [3.8, 4) is 0 Å². The Kier molecular flexibility index (Phi) is 6.47. The van der Waals surface area contributed by atoms with Gasteiger partial charge >= 0.3 is 0 Å². The van der Waals surface area contributed by atoms with E-state index < -0.39 is 0 Å². The van der Waals surface area contributed by atoms with Crippen molar-refractivity contribution >= 4 is 28.6 Å². The number of aromatic nitrogens is 3. The van der Waals surface area contributed by atoms with Crippen molar-refractivity contribution in [3.05, 3.63) is 64.7 Å². The molecule has 0 unspecified atom stereocenters. The Morgan fingerprint density at radius 1 is 1.20 bits per heavy atom. The molecule has 6 nitrogen and oxygen atoms in total. The molecule has 156 valence electrons. The van der Waals surface area contributed by atoms with E-state index in [1.54, 1.807) is 23.0 Å². The summed E-state index contributed by atoms with van der Waals surface area (Å²) in [4.78, 5) is 37.0. The van der Waals surface area contributed by atoms with Crippen LogP contribution < -0.4 is 5.56 Å². The summed E-state index contributed by atoms with van der Waals surface area (Å²) in [5.41, 5.74) is 1.49. The van der Waals surface area contributed by atoms with Gasteiger partial charge in [0.05, 0.1) is 23.2 Å². The zero-order valence-corrected chi connectivity index (χ0v) is 18.0. The number of pyridine rings is 1. The molecule has 7 heteroatoms. The van der Waals surface area contributed by atoms with Gasteiger partial charge in [-0.25, -0.2) is 4.98 Å². The van der Waals surface area contributed by atoms with E-state index >= 15 is 0 Å². The standard InChI is InChI=1S/C23H26N4O2S/c1-2-18-9-5-6-13-26(18)21(28)16-30-23-25-20-11-4-3-10-19(20)22(29)27(23)15-17-8-7-12-24-14-17/h3-4,7-8,10-12,14,18H,2,5-6,9,13,15-16H2,1H3/t18-/m1/s1. The molecule has 1 amide bonds. The van der Waals surface area contributed by atoms with E-state index in [1.807, 2.05) is 35.2 Å². The fourth-order valence-corrected chi connectivity index (χ4v) is 4.92. The number of thioether (sulfide) groups is 1. The number of rotatable bonds is 6. The number of hydrogen-bond acceptors (Lipinski definition) is 5. The van der Waals surface area contributed by atoms with E-state index in [0.29, 0.717) is 28.6 Å². The number of carbonyl (C=O) groups is 1. The molecule has 0 bridgehead atoms. The monoisotopic (exact) mass is 422 g/mol. The zero-order chi connectivity index (χ0) is 20.9. The Bertz CT molecular complexity index is 1080. The average molecular weight is 423 g/mol. The molecule has 1 saturated heterocycles. The first-order valence-corrected chi connectivity index (χ1v) is 11.5. The van der Waals surface area contributed by atoms with Crippen LogP contribution >= 0.6 is 11.8 Å². The van der Waals surface area contributed by atoms with Gasteiger partial charge in [-0.1, -0.05) is 36.9 Å². The van der Waals surface area contributed by atoms with Crippen LogP contribution in [0.4, 0.5) is 0 Å². The molecule has 0 aliphatic carbocycles. The number of benzene rings is 1. The Morgan fingerprint density at radius 2 is 2.07 bits per heavy atom.